The quantitative estimate of drug-likeness (QED) is 0.550. The summed E-state index contributed by atoms with van der Waals surface area (Å²) < 4.78 is 1.48. The van der Waals surface area contributed by atoms with Gasteiger partial charge in [0.1, 0.15) is 11.5 Å². The Kier molecular flexibility index (Phi) is 3.13. The van der Waals surface area contributed by atoms with Gasteiger partial charge in [-0.25, -0.2) is 4.98 Å². The van der Waals surface area contributed by atoms with Gasteiger partial charge >= 0.3 is 0 Å². The summed E-state index contributed by atoms with van der Waals surface area (Å²) >= 11 is 5.65. The van der Waals surface area contributed by atoms with E-state index in [1.165, 1.54) is 23.1 Å². The minimum Gasteiger partial charge on any atom is -0.280 e. The molecule has 0 aliphatic rings. The van der Waals surface area contributed by atoms with Crippen molar-refractivity contribution in [1.82, 2.24) is 30.2 Å². The first kappa shape index (κ1) is 12.3. The van der Waals surface area contributed by atoms with Gasteiger partial charge in [0.2, 0.25) is 0 Å². The van der Waals surface area contributed by atoms with Crippen LogP contribution in [0.2, 0.25) is 5.15 Å². The SMILES string of the molecule is O=C(NNc1ccc2nncn2n1)c1ccc(Cl)nc1. The van der Waals surface area contributed by atoms with Crippen molar-refractivity contribution in [1.29, 1.82) is 0 Å². The molecule has 3 aromatic heterocycles. The number of pyridine rings is 1. The molecule has 20 heavy (non-hydrogen) atoms. The van der Waals surface area contributed by atoms with E-state index in [0.29, 0.717) is 22.2 Å². The summed E-state index contributed by atoms with van der Waals surface area (Å²) in [5.41, 5.74) is 6.19. The van der Waals surface area contributed by atoms with Crippen molar-refractivity contribution in [2.24, 2.45) is 0 Å². The lowest BCUT2D eigenvalue weighted by atomic mass is 10.3. The topological polar surface area (TPSA) is 97.1 Å². The Morgan fingerprint density at radius 2 is 2.15 bits per heavy atom. The maximum atomic E-state index is 11.8. The molecule has 0 aromatic carbocycles. The van der Waals surface area contributed by atoms with Crippen LogP contribution in [-0.2, 0) is 0 Å². The van der Waals surface area contributed by atoms with Gasteiger partial charge in [0.05, 0.1) is 5.56 Å². The van der Waals surface area contributed by atoms with Crippen molar-refractivity contribution < 1.29 is 4.79 Å². The van der Waals surface area contributed by atoms with Gasteiger partial charge in [0.15, 0.2) is 11.5 Å². The van der Waals surface area contributed by atoms with Crippen molar-refractivity contribution in [3.63, 3.8) is 0 Å². The zero-order chi connectivity index (χ0) is 13.9. The van der Waals surface area contributed by atoms with Crippen LogP contribution in [0, 0.1) is 0 Å². The summed E-state index contributed by atoms with van der Waals surface area (Å²) in [7, 11) is 0. The number of halogens is 1. The van der Waals surface area contributed by atoms with Gasteiger partial charge in [-0.05, 0) is 24.3 Å². The summed E-state index contributed by atoms with van der Waals surface area (Å²) in [5, 5.41) is 12.0. The second-order valence-electron chi connectivity index (χ2n) is 3.80. The smallest absolute Gasteiger partial charge is 0.271 e. The monoisotopic (exact) mass is 289 g/mol. The number of hydrazine groups is 1. The molecule has 0 aliphatic carbocycles. The van der Waals surface area contributed by atoms with Gasteiger partial charge in [0, 0.05) is 6.20 Å². The predicted molar refractivity (Wildman–Crippen MR) is 71.1 cm³/mol. The molecule has 0 bridgehead atoms. The van der Waals surface area contributed by atoms with Crippen LogP contribution in [0.3, 0.4) is 0 Å². The average Bonchev–Trinajstić information content (AvgIpc) is 2.93. The molecule has 1 amide bonds. The molecule has 0 aliphatic heterocycles. The number of aromatic nitrogens is 5. The summed E-state index contributed by atoms with van der Waals surface area (Å²) in [5.74, 6) is 0.104. The van der Waals surface area contributed by atoms with E-state index in [4.69, 9.17) is 11.6 Å². The highest BCUT2D eigenvalue weighted by Gasteiger charge is 2.06. The fourth-order valence-corrected chi connectivity index (χ4v) is 1.61. The van der Waals surface area contributed by atoms with Crippen LogP contribution in [-0.4, -0.2) is 30.7 Å². The molecular formula is C11H8ClN7O. The summed E-state index contributed by atoms with van der Waals surface area (Å²) in [6, 6.07) is 6.50. The van der Waals surface area contributed by atoms with Gasteiger partial charge in [0.25, 0.3) is 5.91 Å². The number of carbonyl (C=O) groups is 1. The van der Waals surface area contributed by atoms with E-state index in [0.717, 1.165) is 0 Å². The van der Waals surface area contributed by atoms with E-state index in [2.05, 4.69) is 31.1 Å². The van der Waals surface area contributed by atoms with E-state index in [1.807, 2.05) is 0 Å². The van der Waals surface area contributed by atoms with Gasteiger partial charge in [-0.2, -0.15) is 4.52 Å². The number of fused-ring (bicyclic) bond motifs is 1. The number of hydrogen-bond acceptors (Lipinski definition) is 6. The molecule has 2 N–H and O–H groups in total. The Bertz CT molecular complexity index is 755. The lowest BCUT2D eigenvalue weighted by molar-refractivity contribution is 0.0962. The largest absolute Gasteiger partial charge is 0.280 e. The van der Waals surface area contributed by atoms with Crippen LogP contribution in [0.15, 0.2) is 36.8 Å². The van der Waals surface area contributed by atoms with Crippen molar-refractivity contribution in [2.75, 3.05) is 5.43 Å². The minimum absolute atomic E-state index is 0.328. The number of anilines is 1. The van der Waals surface area contributed by atoms with Gasteiger partial charge in [-0.15, -0.1) is 15.3 Å². The molecule has 0 radical (unpaired) electrons. The molecule has 0 unspecified atom stereocenters. The van der Waals surface area contributed by atoms with Crippen molar-refractivity contribution in [3.05, 3.63) is 47.5 Å². The fourth-order valence-electron chi connectivity index (χ4n) is 1.50. The normalized spacial score (nSPS) is 10.4. The number of nitrogens with one attached hydrogen (secondary N) is 2. The molecule has 0 atom stereocenters. The van der Waals surface area contributed by atoms with Crippen LogP contribution in [0.4, 0.5) is 5.82 Å². The van der Waals surface area contributed by atoms with Gasteiger partial charge in [-0.3, -0.25) is 15.6 Å². The van der Waals surface area contributed by atoms with E-state index < -0.39 is 0 Å². The molecule has 100 valence electrons. The molecule has 3 heterocycles. The van der Waals surface area contributed by atoms with Crippen LogP contribution in [0.5, 0.6) is 0 Å². The average molecular weight is 290 g/mol. The van der Waals surface area contributed by atoms with E-state index >= 15 is 0 Å². The summed E-state index contributed by atoms with van der Waals surface area (Å²) in [4.78, 5) is 15.7. The molecule has 3 aromatic rings. The van der Waals surface area contributed by atoms with E-state index in [-0.39, 0.29) is 5.91 Å². The van der Waals surface area contributed by atoms with Gasteiger partial charge < -0.3 is 0 Å². The Labute approximate surface area is 117 Å². The zero-order valence-corrected chi connectivity index (χ0v) is 10.7. The molecule has 3 rings (SSSR count). The number of amides is 1. The third-order valence-corrected chi connectivity index (χ3v) is 2.68. The Balaban J connectivity index is 1.69. The predicted octanol–water partition coefficient (Wildman–Crippen LogP) is 0.930. The van der Waals surface area contributed by atoms with Gasteiger partial charge in [-0.1, -0.05) is 11.6 Å². The standard InChI is InChI=1S/C11H8ClN7O/c12-8-2-1-7(5-13-8)11(20)17-15-9-3-4-10-16-14-6-19(10)18-9/h1-6H,(H,15,18)(H,17,20). The third-order valence-electron chi connectivity index (χ3n) is 2.46. The van der Waals surface area contributed by atoms with Crippen molar-refractivity contribution in [2.45, 2.75) is 0 Å². The maximum absolute atomic E-state index is 11.8. The Hall–Kier alpha value is -2.74. The summed E-state index contributed by atoms with van der Waals surface area (Å²) in [6.45, 7) is 0. The highest BCUT2D eigenvalue weighted by atomic mass is 35.5. The fraction of sp³-hybridized carbons (Fsp3) is 0. The van der Waals surface area contributed by atoms with Crippen LogP contribution >= 0.6 is 11.6 Å². The highest BCUT2D eigenvalue weighted by Crippen LogP contribution is 2.06. The van der Waals surface area contributed by atoms with Crippen molar-refractivity contribution in [3.8, 4) is 0 Å². The molecule has 0 saturated carbocycles. The number of nitrogens with zero attached hydrogens (tertiary/aromatic N) is 5. The lowest BCUT2D eigenvalue weighted by Crippen LogP contribution is -2.30. The first-order chi connectivity index (χ1) is 9.72. The second kappa shape index (κ2) is 5.10. The number of carbonyl (C=O) groups excluding carboxylic acids is 1. The van der Waals surface area contributed by atoms with Crippen LogP contribution < -0.4 is 10.9 Å². The van der Waals surface area contributed by atoms with E-state index in [9.17, 15) is 4.79 Å². The lowest BCUT2D eigenvalue weighted by Gasteiger charge is -2.07. The maximum Gasteiger partial charge on any atom is 0.271 e. The third kappa shape index (κ3) is 2.50. The molecule has 0 spiro atoms. The number of rotatable bonds is 3. The first-order valence-electron chi connectivity index (χ1n) is 5.57. The minimum atomic E-state index is -0.347. The Morgan fingerprint density at radius 3 is 2.95 bits per heavy atom. The van der Waals surface area contributed by atoms with E-state index in [1.54, 1.807) is 18.2 Å². The number of hydrogen-bond donors (Lipinski definition) is 2. The molecule has 9 heteroatoms. The molecule has 8 nitrogen and oxygen atoms in total. The summed E-state index contributed by atoms with van der Waals surface area (Å²) in [6.07, 6.45) is 2.85. The van der Waals surface area contributed by atoms with Crippen LogP contribution in [0.1, 0.15) is 10.4 Å². The Morgan fingerprint density at radius 1 is 1.25 bits per heavy atom. The highest BCUT2D eigenvalue weighted by molar-refractivity contribution is 6.29. The van der Waals surface area contributed by atoms with Crippen LogP contribution in [0.25, 0.3) is 5.65 Å². The van der Waals surface area contributed by atoms with Crippen molar-refractivity contribution >= 4 is 29.0 Å². The first-order valence-corrected chi connectivity index (χ1v) is 5.95. The second-order valence-corrected chi connectivity index (χ2v) is 4.19. The zero-order valence-electron chi connectivity index (χ0n) is 9.99. The molecule has 0 saturated heterocycles. The molecular weight excluding hydrogens is 282 g/mol. The molecule has 0 fully saturated rings.